The van der Waals surface area contributed by atoms with Crippen molar-refractivity contribution in [1.29, 1.82) is 0 Å². The van der Waals surface area contributed by atoms with Crippen LogP contribution in [0.4, 0.5) is 0 Å². The van der Waals surface area contributed by atoms with Gasteiger partial charge in [-0.15, -0.1) is 11.8 Å². The standard InChI is InChI=1S/C15H21NOS/c1-3-18-13-9-7-12(8-10-13)15(16-2)14-6-4-5-11-17-14/h6-10,15-16H,3-5,11H2,1-2H3. The van der Waals surface area contributed by atoms with Gasteiger partial charge in [0.1, 0.15) is 5.76 Å². The average Bonchev–Trinajstić information content (AvgIpc) is 2.43. The minimum Gasteiger partial charge on any atom is -0.496 e. The van der Waals surface area contributed by atoms with Crippen LogP contribution in [0.1, 0.15) is 31.4 Å². The molecule has 3 heteroatoms. The molecule has 2 rings (SSSR count). The molecule has 1 heterocycles. The minimum absolute atomic E-state index is 0.186. The van der Waals surface area contributed by atoms with Crippen LogP contribution in [0, 0.1) is 0 Å². The van der Waals surface area contributed by atoms with Gasteiger partial charge in [-0.3, -0.25) is 0 Å². The molecule has 0 aromatic heterocycles. The van der Waals surface area contributed by atoms with E-state index in [1.165, 1.54) is 10.5 Å². The molecule has 0 saturated carbocycles. The molecule has 1 N–H and O–H groups in total. The molecular weight excluding hydrogens is 242 g/mol. The molecule has 0 saturated heterocycles. The van der Waals surface area contributed by atoms with Gasteiger partial charge in [-0.05, 0) is 49.4 Å². The van der Waals surface area contributed by atoms with E-state index in [9.17, 15) is 0 Å². The molecule has 1 aromatic carbocycles. The normalized spacial score (nSPS) is 16.9. The smallest absolute Gasteiger partial charge is 0.113 e. The molecule has 1 atom stereocenters. The predicted octanol–water partition coefficient (Wildman–Crippen LogP) is 3.75. The van der Waals surface area contributed by atoms with Gasteiger partial charge in [0.2, 0.25) is 0 Å². The van der Waals surface area contributed by atoms with Crippen molar-refractivity contribution in [2.45, 2.75) is 30.7 Å². The van der Waals surface area contributed by atoms with Crippen LogP contribution in [0.3, 0.4) is 0 Å². The Bertz CT molecular complexity index is 399. The molecule has 98 valence electrons. The Kier molecular flexibility index (Phi) is 5.14. The van der Waals surface area contributed by atoms with Gasteiger partial charge in [-0.1, -0.05) is 19.1 Å². The van der Waals surface area contributed by atoms with E-state index in [2.05, 4.69) is 42.6 Å². The van der Waals surface area contributed by atoms with Crippen LogP contribution in [0.2, 0.25) is 0 Å². The number of nitrogens with one attached hydrogen (secondary N) is 1. The molecular formula is C15H21NOS. The third-order valence-electron chi connectivity index (χ3n) is 3.06. The lowest BCUT2D eigenvalue weighted by molar-refractivity contribution is 0.169. The van der Waals surface area contributed by atoms with Crippen LogP contribution in [0.15, 0.2) is 41.0 Å². The van der Waals surface area contributed by atoms with Gasteiger partial charge in [0, 0.05) is 4.90 Å². The Morgan fingerprint density at radius 1 is 1.33 bits per heavy atom. The Hall–Kier alpha value is -0.930. The van der Waals surface area contributed by atoms with Crippen molar-refractivity contribution in [1.82, 2.24) is 5.32 Å². The highest BCUT2D eigenvalue weighted by Crippen LogP contribution is 2.27. The summed E-state index contributed by atoms with van der Waals surface area (Å²) in [4.78, 5) is 1.33. The lowest BCUT2D eigenvalue weighted by atomic mass is 10.0. The summed E-state index contributed by atoms with van der Waals surface area (Å²) in [6.07, 6.45) is 4.46. The van der Waals surface area contributed by atoms with Crippen molar-refractivity contribution in [3.8, 4) is 0 Å². The third-order valence-corrected chi connectivity index (χ3v) is 3.95. The zero-order valence-electron chi connectivity index (χ0n) is 11.1. The van der Waals surface area contributed by atoms with Crippen LogP contribution in [0.25, 0.3) is 0 Å². The van der Waals surface area contributed by atoms with Gasteiger partial charge in [0.05, 0.1) is 12.6 Å². The van der Waals surface area contributed by atoms with E-state index in [-0.39, 0.29) is 6.04 Å². The largest absolute Gasteiger partial charge is 0.496 e. The van der Waals surface area contributed by atoms with Crippen LogP contribution < -0.4 is 5.32 Å². The highest BCUT2D eigenvalue weighted by atomic mass is 32.2. The SMILES string of the molecule is CCSc1ccc(C(NC)C2=CCCCO2)cc1. The summed E-state index contributed by atoms with van der Waals surface area (Å²) >= 11 is 1.87. The van der Waals surface area contributed by atoms with E-state index in [4.69, 9.17) is 4.74 Å². The molecule has 0 fully saturated rings. The first kappa shape index (κ1) is 13.5. The lowest BCUT2D eigenvalue weighted by Crippen LogP contribution is -2.21. The summed E-state index contributed by atoms with van der Waals surface area (Å²) in [6, 6.07) is 8.95. The highest BCUT2D eigenvalue weighted by molar-refractivity contribution is 7.99. The number of hydrogen-bond donors (Lipinski definition) is 1. The summed E-state index contributed by atoms with van der Waals surface area (Å²) in [7, 11) is 1.98. The molecule has 1 aromatic rings. The van der Waals surface area contributed by atoms with E-state index in [0.29, 0.717) is 0 Å². The van der Waals surface area contributed by atoms with E-state index < -0.39 is 0 Å². The van der Waals surface area contributed by atoms with Gasteiger partial charge in [0.25, 0.3) is 0 Å². The zero-order valence-corrected chi connectivity index (χ0v) is 11.9. The van der Waals surface area contributed by atoms with E-state index in [1.54, 1.807) is 0 Å². The second kappa shape index (κ2) is 6.86. The van der Waals surface area contributed by atoms with E-state index >= 15 is 0 Å². The molecule has 1 unspecified atom stereocenters. The first-order valence-corrected chi connectivity index (χ1v) is 7.56. The van der Waals surface area contributed by atoms with Gasteiger partial charge < -0.3 is 10.1 Å². The minimum atomic E-state index is 0.186. The van der Waals surface area contributed by atoms with Crippen LogP contribution in [0.5, 0.6) is 0 Å². The maximum Gasteiger partial charge on any atom is 0.113 e. The second-order valence-corrected chi connectivity index (χ2v) is 5.66. The molecule has 1 aliphatic heterocycles. The van der Waals surface area contributed by atoms with Crippen molar-refractivity contribution in [2.24, 2.45) is 0 Å². The highest BCUT2D eigenvalue weighted by Gasteiger charge is 2.17. The Morgan fingerprint density at radius 2 is 2.11 bits per heavy atom. The summed E-state index contributed by atoms with van der Waals surface area (Å²) in [5.41, 5.74) is 1.27. The van der Waals surface area contributed by atoms with Crippen molar-refractivity contribution in [3.63, 3.8) is 0 Å². The van der Waals surface area contributed by atoms with Crippen molar-refractivity contribution in [2.75, 3.05) is 19.4 Å². The summed E-state index contributed by atoms with van der Waals surface area (Å²) in [6.45, 7) is 3.02. The lowest BCUT2D eigenvalue weighted by Gasteiger charge is -2.24. The molecule has 0 spiro atoms. The van der Waals surface area contributed by atoms with Gasteiger partial charge in [-0.25, -0.2) is 0 Å². The maximum absolute atomic E-state index is 5.76. The molecule has 2 nitrogen and oxygen atoms in total. The Morgan fingerprint density at radius 3 is 2.67 bits per heavy atom. The van der Waals surface area contributed by atoms with Gasteiger partial charge in [0.15, 0.2) is 0 Å². The van der Waals surface area contributed by atoms with Crippen LogP contribution in [-0.4, -0.2) is 19.4 Å². The topological polar surface area (TPSA) is 21.3 Å². The number of rotatable bonds is 5. The molecule has 0 aliphatic carbocycles. The first-order chi connectivity index (χ1) is 8.85. The predicted molar refractivity (Wildman–Crippen MR) is 77.9 cm³/mol. The quantitative estimate of drug-likeness (QED) is 0.817. The van der Waals surface area contributed by atoms with E-state index in [1.807, 2.05) is 18.8 Å². The van der Waals surface area contributed by atoms with Crippen molar-refractivity contribution < 1.29 is 4.74 Å². The third kappa shape index (κ3) is 3.30. The van der Waals surface area contributed by atoms with Crippen molar-refractivity contribution >= 4 is 11.8 Å². The number of allylic oxidation sites excluding steroid dienone is 1. The summed E-state index contributed by atoms with van der Waals surface area (Å²) in [5.74, 6) is 2.18. The molecule has 18 heavy (non-hydrogen) atoms. The van der Waals surface area contributed by atoms with E-state index in [0.717, 1.165) is 31.0 Å². The first-order valence-electron chi connectivity index (χ1n) is 6.58. The number of ether oxygens (including phenoxy) is 1. The molecule has 0 radical (unpaired) electrons. The number of benzene rings is 1. The monoisotopic (exact) mass is 263 g/mol. The summed E-state index contributed by atoms with van der Waals surface area (Å²) in [5, 5.41) is 3.34. The summed E-state index contributed by atoms with van der Waals surface area (Å²) < 4.78 is 5.76. The molecule has 0 amide bonds. The fourth-order valence-corrected chi connectivity index (χ4v) is 2.84. The van der Waals surface area contributed by atoms with Crippen molar-refractivity contribution in [3.05, 3.63) is 41.7 Å². The van der Waals surface area contributed by atoms with Crippen LogP contribution >= 0.6 is 11.8 Å². The fourth-order valence-electron chi connectivity index (χ4n) is 2.17. The Labute approximate surface area is 114 Å². The van der Waals surface area contributed by atoms with Crippen LogP contribution in [-0.2, 0) is 4.74 Å². The Balaban J connectivity index is 2.14. The number of hydrogen-bond acceptors (Lipinski definition) is 3. The van der Waals surface area contributed by atoms with Gasteiger partial charge >= 0.3 is 0 Å². The maximum atomic E-state index is 5.76. The van der Waals surface area contributed by atoms with Gasteiger partial charge in [-0.2, -0.15) is 0 Å². The average molecular weight is 263 g/mol. The molecule has 1 aliphatic rings. The zero-order chi connectivity index (χ0) is 12.8. The number of thioether (sulfide) groups is 1. The number of likely N-dealkylation sites (N-methyl/N-ethyl adjacent to an activating group) is 1. The second-order valence-electron chi connectivity index (χ2n) is 4.32. The fraction of sp³-hybridized carbons (Fsp3) is 0.467. The molecule has 0 bridgehead atoms.